The first-order chi connectivity index (χ1) is 11.0. The molecular weight excluding hydrogens is 337 g/mol. The van der Waals surface area contributed by atoms with Crippen molar-refractivity contribution < 1.29 is 34.8 Å². The molecule has 0 bridgehead atoms. The molecule has 2 aromatic carbocycles. The molecule has 0 saturated heterocycles. The first kappa shape index (κ1) is 18.3. The molecule has 1 atom stereocenters. The molecule has 0 fully saturated rings. The molecule has 2 rings (SSSR count). The lowest BCUT2D eigenvalue weighted by atomic mass is 9.86. The maximum atomic E-state index is 11.2. The lowest BCUT2D eigenvalue weighted by Crippen LogP contribution is -2.32. The first-order valence-electron chi connectivity index (χ1n) is 6.91. The molecule has 130 valence electrons. The van der Waals surface area contributed by atoms with Crippen LogP contribution in [0.2, 0.25) is 0 Å². The Balaban J connectivity index is 2.49. The van der Waals surface area contributed by atoms with Crippen molar-refractivity contribution in [3.8, 4) is 11.5 Å². The van der Waals surface area contributed by atoms with Crippen LogP contribution in [0.25, 0.3) is 0 Å². The molecule has 0 aliphatic heterocycles. The molecule has 0 aliphatic rings. The second-order valence-electron chi connectivity index (χ2n) is 5.43. The summed E-state index contributed by atoms with van der Waals surface area (Å²) in [5.74, 6) is -3.77. The number of anilines is 1. The van der Waals surface area contributed by atoms with Crippen molar-refractivity contribution >= 4 is 13.4 Å². The standard InChI is InChI=1S/C15H18NO7P/c1-9(10-2-4-11(17)5-3-10)15(19,20)13-8-12(18)6-7-14(13)16-24(21,22)23/h2-9,17-20H,1H3,(H3,16,21,22,23). The third kappa shape index (κ3) is 4.05. The zero-order chi connectivity index (χ0) is 18.1. The molecule has 0 amide bonds. The first-order valence-corrected chi connectivity index (χ1v) is 8.53. The van der Waals surface area contributed by atoms with Gasteiger partial charge in [0.05, 0.1) is 5.69 Å². The Labute approximate surface area is 137 Å². The van der Waals surface area contributed by atoms with Crippen LogP contribution in [-0.2, 0) is 10.4 Å². The average molecular weight is 355 g/mol. The van der Waals surface area contributed by atoms with E-state index in [4.69, 9.17) is 9.79 Å². The lowest BCUT2D eigenvalue weighted by molar-refractivity contribution is -0.184. The molecule has 7 N–H and O–H groups in total. The van der Waals surface area contributed by atoms with E-state index in [1.165, 1.54) is 31.2 Å². The van der Waals surface area contributed by atoms with E-state index in [-0.39, 0.29) is 22.7 Å². The van der Waals surface area contributed by atoms with Crippen LogP contribution in [0.15, 0.2) is 42.5 Å². The summed E-state index contributed by atoms with van der Waals surface area (Å²) in [6, 6.07) is 9.02. The zero-order valence-electron chi connectivity index (χ0n) is 12.7. The molecule has 0 aromatic heterocycles. The van der Waals surface area contributed by atoms with Crippen LogP contribution in [0.3, 0.4) is 0 Å². The normalized spacial score (nSPS) is 13.5. The van der Waals surface area contributed by atoms with Gasteiger partial charge in [0, 0.05) is 11.5 Å². The summed E-state index contributed by atoms with van der Waals surface area (Å²) in [5, 5.41) is 42.0. The summed E-state index contributed by atoms with van der Waals surface area (Å²) in [4.78, 5) is 18.1. The van der Waals surface area contributed by atoms with Crippen molar-refractivity contribution in [1.82, 2.24) is 0 Å². The third-order valence-electron chi connectivity index (χ3n) is 3.66. The number of hydrogen-bond acceptors (Lipinski definition) is 5. The molecule has 1 unspecified atom stereocenters. The molecule has 2 aromatic rings. The second kappa shape index (κ2) is 6.43. The summed E-state index contributed by atoms with van der Waals surface area (Å²) in [5.41, 5.74) is -0.0635. The van der Waals surface area contributed by atoms with Crippen molar-refractivity contribution in [3.05, 3.63) is 53.6 Å². The molecule has 24 heavy (non-hydrogen) atoms. The SMILES string of the molecule is CC(c1ccc(O)cc1)C(O)(O)c1cc(O)ccc1NP(=O)(O)O. The number of phenols is 2. The Morgan fingerprint density at radius 3 is 2.08 bits per heavy atom. The summed E-state index contributed by atoms with van der Waals surface area (Å²) in [7, 11) is -4.69. The van der Waals surface area contributed by atoms with Gasteiger partial charge in [0.25, 0.3) is 0 Å². The van der Waals surface area contributed by atoms with E-state index in [1.807, 2.05) is 5.09 Å². The molecule has 0 spiro atoms. The fraction of sp³-hybridized carbons (Fsp3) is 0.200. The smallest absolute Gasteiger partial charge is 0.427 e. The molecule has 0 saturated carbocycles. The van der Waals surface area contributed by atoms with Gasteiger partial charge in [-0.3, -0.25) is 5.09 Å². The van der Waals surface area contributed by atoms with E-state index in [2.05, 4.69) is 0 Å². The maximum Gasteiger partial charge on any atom is 0.427 e. The Bertz CT molecular complexity index is 770. The van der Waals surface area contributed by atoms with Crippen LogP contribution < -0.4 is 5.09 Å². The summed E-state index contributed by atoms with van der Waals surface area (Å²) < 4.78 is 11.2. The number of phenolic OH excluding ortho intramolecular Hbond substituents is 2. The van der Waals surface area contributed by atoms with Crippen molar-refractivity contribution in [2.45, 2.75) is 18.6 Å². The molecule has 0 heterocycles. The van der Waals surface area contributed by atoms with Gasteiger partial charge in [0.15, 0.2) is 5.79 Å². The monoisotopic (exact) mass is 355 g/mol. The van der Waals surface area contributed by atoms with Crippen LogP contribution in [0, 0.1) is 0 Å². The van der Waals surface area contributed by atoms with E-state index in [9.17, 15) is 25.0 Å². The fourth-order valence-corrected chi connectivity index (χ4v) is 2.83. The number of aromatic hydroxyl groups is 2. The van der Waals surface area contributed by atoms with Gasteiger partial charge in [-0.25, -0.2) is 4.57 Å². The highest BCUT2D eigenvalue weighted by Crippen LogP contribution is 2.44. The highest BCUT2D eigenvalue weighted by Gasteiger charge is 2.37. The number of hydrogen-bond donors (Lipinski definition) is 7. The number of benzene rings is 2. The minimum atomic E-state index is -4.69. The molecule has 9 heteroatoms. The number of nitrogens with one attached hydrogen (secondary N) is 1. The molecule has 8 nitrogen and oxygen atoms in total. The van der Waals surface area contributed by atoms with E-state index in [1.54, 1.807) is 0 Å². The van der Waals surface area contributed by atoms with Crippen LogP contribution >= 0.6 is 7.75 Å². The van der Waals surface area contributed by atoms with Gasteiger partial charge < -0.3 is 30.2 Å². The highest BCUT2D eigenvalue weighted by atomic mass is 31.2. The summed E-state index contributed by atoms with van der Waals surface area (Å²) in [6.45, 7) is 1.48. The Hall–Kier alpha value is -2.09. The Morgan fingerprint density at radius 1 is 1.00 bits per heavy atom. The zero-order valence-corrected chi connectivity index (χ0v) is 13.6. The van der Waals surface area contributed by atoms with Crippen molar-refractivity contribution in [1.29, 1.82) is 0 Å². The maximum absolute atomic E-state index is 11.2. The van der Waals surface area contributed by atoms with Crippen LogP contribution in [0.1, 0.15) is 24.0 Å². The number of aliphatic hydroxyl groups is 2. The molecule has 0 radical (unpaired) electrons. The predicted molar refractivity (Wildman–Crippen MR) is 86.4 cm³/mol. The van der Waals surface area contributed by atoms with Gasteiger partial charge in [-0.2, -0.15) is 0 Å². The number of rotatable bonds is 5. The topological polar surface area (TPSA) is 150 Å². The largest absolute Gasteiger partial charge is 0.508 e. The lowest BCUT2D eigenvalue weighted by Gasteiger charge is -2.31. The van der Waals surface area contributed by atoms with E-state index < -0.39 is 19.5 Å². The van der Waals surface area contributed by atoms with Crippen LogP contribution in [0.4, 0.5) is 5.69 Å². The van der Waals surface area contributed by atoms with Crippen molar-refractivity contribution in [3.63, 3.8) is 0 Å². The fourth-order valence-electron chi connectivity index (χ4n) is 2.32. The van der Waals surface area contributed by atoms with Crippen molar-refractivity contribution in [2.24, 2.45) is 0 Å². The second-order valence-corrected chi connectivity index (χ2v) is 6.74. The predicted octanol–water partition coefficient (Wildman–Crippen LogP) is 1.54. The minimum absolute atomic E-state index is 0.00800. The van der Waals surface area contributed by atoms with E-state index in [0.717, 1.165) is 18.2 Å². The van der Waals surface area contributed by atoms with Gasteiger partial charge >= 0.3 is 7.75 Å². The van der Waals surface area contributed by atoms with Gasteiger partial charge in [0.1, 0.15) is 11.5 Å². The van der Waals surface area contributed by atoms with Gasteiger partial charge in [-0.05, 0) is 35.9 Å². The molecular formula is C15H18NO7P. The third-order valence-corrected chi connectivity index (χ3v) is 4.19. The van der Waals surface area contributed by atoms with Crippen LogP contribution in [-0.4, -0.2) is 30.2 Å². The Morgan fingerprint density at radius 2 is 1.54 bits per heavy atom. The summed E-state index contributed by atoms with van der Waals surface area (Å²) in [6.07, 6.45) is 0. The molecule has 0 aliphatic carbocycles. The van der Waals surface area contributed by atoms with E-state index in [0.29, 0.717) is 5.56 Å². The van der Waals surface area contributed by atoms with Gasteiger partial charge in [-0.15, -0.1) is 0 Å². The minimum Gasteiger partial charge on any atom is -0.508 e. The van der Waals surface area contributed by atoms with Crippen LogP contribution in [0.5, 0.6) is 11.5 Å². The van der Waals surface area contributed by atoms with Gasteiger partial charge in [0.2, 0.25) is 0 Å². The van der Waals surface area contributed by atoms with E-state index >= 15 is 0 Å². The highest BCUT2D eigenvalue weighted by molar-refractivity contribution is 7.53. The quantitative estimate of drug-likeness (QED) is 0.242. The Kier molecular flexibility index (Phi) is 4.89. The van der Waals surface area contributed by atoms with Gasteiger partial charge in [-0.1, -0.05) is 19.1 Å². The van der Waals surface area contributed by atoms with Crippen molar-refractivity contribution in [2.75, 3.05) is 5.09 Å². The average Bonchev–Trinajstić information content (AvgIpc) is 2.47. The summed E-state index contributed by atoms with van der Waals surface area (Å²) >= 11 is 0.